The Hall–Kier alpha value is -0.680. The van der Waals surface area contributed by atoms with Crippen molar-refractivity contribution in [1.82, 2.24) is 5.43 Å². The summed E-state index contributed by atoms with van der Waals surface area (Å²) in [6, 6.07) is 3.91. The number of carbonyl (C=O) groups is 1. The number of hydrogen-bond donors (Lipinski definition) is 1. The summed E-state index contributed by atoms with van der Waals surface area (Å²) in [4.78, 5) is 12.4. The number of hydrogen-bond acceptors (Lipinski definition) is 3. The van der Waals surface area contributed by atoms with Gasteiger partial charge in [0.05, 0.1) is 10.0 Å². The van der Waals surface area contributed by atoms with Gasteiger partial charge in [0.25, 0.3) is 0 Å². The molecule has 0 aliphatic rings. The third-order valence-corrected chi connectivity index (χ3v) is 3.79. The van der Waals surface area contributed by atoms with Crippen LogP contribution in [0.1, 0.15) is 43.9 Å². The molecule has 1 aromatic rings. The van der Waals surface area contributed by atoms with Crippen LogP contribution in [-0.2, 0) is 4.79 Å². The fourth-order valence-corrected chi connectivity index (χ4v) is 2.63. The van der Waals surface area contributed by atoms with E-state index in [-0.39, 0.29) is 5.91 Å². The number of nitrogens with zero attached hydrogens (tertiary/aromatic N) is 1. The highest BCUT2D eigenvalue weighted by Crippen LogP contribution is 2.20. The lowest BCUT2D eigenvalue weighted by Gasteiger charge is -1.98. The number of rotatable bonds is 7. The highest BCUT2D eigenvalue weighted by atomic mass is 79.9. The lowest BCUT2D eigenvalue weighted by molar-refractivity contribution is -0.121. The van der Waals surface area contributed by atoms with Crippen LogP contribution in [0.5, 0.6) is 0 Å². The third-order valence-electron chi connectivity index (χ3n) is 2.23. The quantitative estimate of drug-likeness (QED) is 0.462. The smallest absolute Gasteiger partial charge is 0.240 e. The number of thiophene rings is 1. The zero-order chi connectivity index (χ0) is 12.5. The van der Waals surface area contributed by atoms with Crippen LogP contribution in [0.25, 0.3) is 0 Å². The molecule has 0 aliphatic heterocycles. The van der Waals surface area contributed by atoms with Gasteiger partial charge in [-0.3, -0.25) is 4.79 Å². The normalized spacial score (nSPS) is 10.9. The summed E-state index contributed by atoms with van der Waals surface area (Å²) in [6.45, 7) is 2.16. The molecule has 0 unspecified atom stereocenters. The van der Waals surface area contributed by atoms with Crippen molar-refractivity contribution in [2.45, 2.75) is 39.0 Å². The van der Waals surface area contributed by atoms with Gasteiger partial charge in [0.15, 0.2) is 0 Å². The number of amides is 1. The van der Waals surface area contributed by atoms with Crippen LogP contribution in [0.3, 0.4) is 0 Å². The standard InChI is InChI=1S/C12H17BrN2OS/c1-2-3-4-5-6-12(16)15-14-9-10-7-8-11(13)17-10/h7-9H,2-6H2,1H3,(H,15,16). The highest BCUT2D eigenvalue weighted by Gasteiger charge is 1.98. The fraction of sp³-hybridized carbons (Fsp3) is 0.500. The van der Waals surface area contributed by atoms with Crippen molar-refractivity contribution in [3.05, 3.63) is 20.8 Å². The lowest BCUT2D eigenvalue weighted by atomic mass is 10.1. The second kappa shape index (κ2) is 8.42. The largest absolute Gasteiger partial charge is 0.273 e. The molecule has 0 fully saturated rings. The molecule has 94 valence electrons. The van der Waals surface area contributed by atoms with Crippen molar-refractivity contribution < 1.29 is 4.79 Å². The number of halogens is 1. The minimum Gasteiger partial charge on any atom is -0.273 e. The van der Waals surface area contributed by atoms with Crippen LogP contribution in [0.15, 0.2) is 21.0 Å². The van der Waals surface area contributed by atoms with E-state index in [2.05, 4.69) is 33.4 Å². The van der Waals surface area contributed by atoms with Crippen LogP contribution in [-0.4, -0.2) is 12.1 Å². The first-order valence-electron chi connectivity index (χ1n) is 5.79. The Bertz CT molecular complexity index is 376. The van der Waals surface area contributed by atoms with Crippen molar-refractivity contribution in [2.75, 3.05) is 0 Å². The average Bonchev–Trinajstić information content (AvgIpc) is 2.71. The molecule has 1 N–H and O–H groups in total. The summed E-state index contributed by atoms with van der Waals surface area (Å²) < 4.78 is 1.06. The van der Waals surface area contributed by atoms with Gasteiger partial charge >= 0.3 is 0 Å². The maximum atomic E-state index is 11.4. The van der Waals surface area contributed by atoms with Crippen LogP contribution >= 0.6 is 27.3 Å². The van der Waals surface area contributed by atoms with Crippen molar-refractivity contribution in [1.29, 1.82) is 0 Å². The van der Waals surface area contributed by atoms with Crippen molar-refractivity contribution in [3.63, 3.8) is 0 Å². The van der Waals surface area contributed by atoms with E-state index in [0.29, 0.717) is 6.42 Å². The van der Waals surface area contributed by atoms with Gasteiger partial charge in [-0.05, 0) is 34.5 Å². The maximum absolute atomic E-state index is 11.4. The van der Waals surface area contributed by atoms with E-state index in [9.17, 15) is 4.79 Å². The van der Waals surface area contributed by atoms with E-state index in [1.54, 1.807) is 17.6 Å². The van der Waals surface area contributed by atoms with Crippen molar-refractivity contribution >= 4 is 39.4 Å². The maximum Gasteiger partial charge on any atom is 0.240 e. The molecule has 0 spiro atoms. The first-order valence-corrected chi connectivity index (χ1v) is 7.40. The summed E-state index contributed by atoms with van der Waals surface area (Å²) in [5.41, 5.74) is 2.54. The van der Waals surface area contributed by atoms with Gasteiger partial charge in [-0.1, -0.05) is 26.2 Å². The highest BCUT2D eigenvalue weighted by molar-refractivity contribution is 9.11. The van der Waals surface area contributed by atoms with Crippen molar-refractivity contribution in [3.8, 4) is 0 Å². The third kappa shape index (κ3) is 6.58. The molecule has 0 bridgehead atoms. The molecule has 0 atom stereocenters. The Kier molecular flexibility index (Phi) is 7.12. The number of nitrogens with one attached hydrogen (secondary N) is 1. The Morgan fingerprint density at radius 1 is 1.47 bits per heavy atom. The van der Waals surface area contributed by atoms with E-state index in [4.69, 9.17) is 0 Å². The predicted molar refractivity (Wildman–Crippen MR) is 76.5 cm³/mol. The Morgan fingerprint density at radius 2 is 2.29 bits per heavy atom. The second-order valence-corrected chi connectivity index (χ2v) is 6.24. The zero-order valence-corrected chi connectivity index (χ0v) is 12.3. The molecule has 0 saturated heterocycles. The van der Waals surface area contributed by atoms with E-state index in [0.717, 1.165) is 21.5 Å². The van der Waals surface area contributed by atoms with Gasteiger partial charge in [0.2, 0.25) is 5.91 Å². The zero-order valence-electron chi connectivity index (χ0n) is 9.91. The van der Waals surface area contributed by atoms with Crippen LogP contribution in [0.2, 0.25) is 0 Å². The van der Waals surface area contributed by atoms with Crippen LogP contribution in [0, 0.1) is 0 Å². The van der Waals surface area contributed by atoms with Gasteiger partial charge in [0.1, 0.15) is 0 Å². The molecule has 1 aromatic heterocycles. The molecule has 5 heteroatoms. The fourth-order valence-electron chi connectivity index (χ4n) is 1.33. The van der Waals surface area contributed by atoms with E-state index in [1.807, 2.05) is 12.1 Å². The number of unbranched alkanes of at least 4 members (excludes halogenated alkanes) is 3. The van der Waals surface area contributed by atoms with E-state index in [1.165, 1.54) is 12.8 Å². The molecule has 3 nitrogen and oxygen atoms in total. The first-order chi connectivity index (χ1) is 8.22. The molecule has 1 heterocycles. The summed E-state index contributed by atoms with van der Waals surface area (Å²) in [5.74, 6) is -0.00650. The molecule has 1 amide bonds. The van der Waals surface area contributed by atoms with Gasteiger partial charge in [-0.25, -0.2) is 5.43 Å². The van der Waals surface area contributed by atoms with Gasteiger partial charge in [-0.2, -0.15) is 5.10 Å². The Labute approximate surface area is 114 Å². The molecule has 0 aliphatic carbocycles. The summed E-state index contributed by atoms with van der Waals surface area (Å²) >= 11 is 4.95. The van der Waals surface area contributed by atoms with Gasteiger partial charge in [-0.15, -0.1) is 11.3 Å². The molecule has 0 saturated carbocycles. The molecule has 17 heavy (non-hydrogen) atoms. The Balaban J connectivity index is 2.17. The van der Waals surface area contributed by atoms with Crippen LogP contribution in [0.4, 0.5) is 0 Å². The molecular formula is C12H17BrN2OS. The minimum atomic E-state index is -0.00650. The van der Waals surface area contributed by atoms with Crippen molar-refractivity contribution in [2.24, 2.45) is 5.10 Å². The first kappa shape index (κ1) is 14.4. The van der Waals surface area contributed by atoms with E-state index < -0.39 is 0 Å². The molecule has 0 aromatic carbocycles. The van der Waals surface area contributed by atoms with Gasteiger partial charge in [0, 0.05) is 11.3 Å². The van der Waals surface area contributed by atoms with Gasteiger partial charge < -0.3 is 0 Å². The summed E-state index contributed by atoms with van der Waals surface area (Å²) in [7, 11) is 0. The SMILES string of the molecule is CCCCCCC(=O)NN=Cc1ccc(Br)s1. The summed E-state index contributed by atoms with van der Waals surface area (Å²) in [6.07, 6.45) is 6.67. The summed E-state index contributed by atoms with van der Waals surface area (Å²) in [5, 5.41) is 3.92. The average molecular weight is 317 g/mol. The topological polar surface area (TPSA) is 41.5 Å². The number of hydrazone groups is 1. The van der Waals surface area contributed by atoms with E-state index >= 15 is 0 Å². The lowest BCUT2D eigenvalue weighted by Crippen LogP contribution is -2.16. The molecule has 1 rings (SSSR count). The van der Waals surface area contributed by atoms with Crippen LogP contribution < -0.4 is 5.43 Å². The molecule has 0 radical (unpaired) electrons. The minimum absolute atomic E-state index is 0.00650. The second-order valence-electron chi connectivity index (χ2n) is 3.75. The molecular weight excluding hydrogens is 300 g/mol. The Morgan fingerprint density at radius 3 is 2.94 bits per heavy atom. The number of carbonyl (C=O) groups excluding carboxylic acids is 1. The monoisotopic (exact) mass is 316 g/mol. The predicted octanol–water partition coefficient (Wildman–Crippen LogP) is 3.93.